The molecule has 2 N–H and O–H groups in total. The maximum absolute atomic E-state index is 13.7. The van der Waals surface area contributed by atoms with Gasteiger partial charge in [0.25, 0.3) is 17.4 Å². The molecule has 2 amide bonds. The second-order valence-electron chi connectivity index (χ2n) is 11.7. The van der Waals surface area contributed by atoms with Crippen LogP contribution in [-0.4, -0.2) is 73.5 Å². The maximum atomic E-state index is 13.7. The van der Waals surface area contributed by atoms with E-state index in [1.807, 2.05) is 12.1 Å². The van der Waals surface area contributed by atoms with Gasteiger partial charge in [-0.25, -0.2) is 0 Å². The summed E-state index contributed by atoms with van der Waals surface area (Å²) >= 11 is 11.3. The molecular formula is C37H35N7O6S2. The average molecular weight is 738 g/mol. The fourth-order valence-corrected chi connectivity index (χ4v) is 6.05. The van der Waals surface area contributed by atoms with E-state index in [9.17, 15) is 24.3 Å². The monoisotopic (exact) mass is 737 g/mol. The minimum absolute atomic E-state index is 0.0193. The Bertz CT molecular complexity index is 2150. The van der Waals surface area contributed by atoms with E-state index in [-0.39, 0.29) is 59.5 Å². The number of rotatable bonds is 15. The molecule has 15 heteroatoms. The number of aliphatic carboxylic acids is 1. The first-order chi connectivity index (χ1) is 25.2. The van der Waals surface area contributed by atoms with Crippen LogP contribution in [0.3, 0.4) is 0 Å². The molecular weight excluding hydrogens is 703 g/mol. The minimum atomic E-state index is -0.893. The number of carboxylic acids is 1. The molecule has 0 spiro atoms. The Morgan fingerprint density at radius 2 is 1.31 bits per heavy atom. The van der Waals surface area contributed by atoms with Gasteiger partial charge in [-0.2, -0.15) is 0 Å². The summed E-state index contributed by atoms with van der Waals surface area (Å²) in [6.07, 6.45) is 18.6. The molecule has 4 aromatic heterocycles. The number of carbonyl (C=O) groups excluding carboxylic acids is 2. The van der Waals surface area contributed by atoms with Crippen molar-refractivity contribution in [1.82, 2.24) is 33.9 Å². The van der Waals surface area contributed by atoms with Crippen molar-refractivity contribution in [2.24, 2.45) is 0 Å². The SMILES string of the molecule is O=C(O)CCCCCN1C(=O)\C(=C/C=C/C=C/c2c(O)n(Cc3cccnc3)c(=S)n(Cc3cccnc3)c2=O)C(=O)N(Cc2cccnc2)C1=S. The van der Waals surface area contributed by atoms with Crippen LogP contribution in [0.4, 0.5) is 0 Å². The van der Waals surface area contributed by atoms with Crippen LogP contribution in [0.2, 0.25) is 0 Å². The Hall–Kier alpha value is -5.93. The zero-order valence-corrected chi connectivity index (χ0v) is 29.6. The molecule has 0 aromatic carbocycles. The van der Waals surface area contributed by atoms with Crippen LogP contribution in [0.1, 0.15) is 47.9 Å². The summed E-state index contributed by atoms with van der Waals surface area (Å²) in [5, 5.41) is 20.3. The van der Waals surface area contributed by atoms with E-state index in [1.54, 1.807) is 61.4 Å². The third-order valence-corrected chi connectivity index (χ3v) is 8.94. The number of thiocarbonyl (C=S) groups is 1. The molecule has 0 aliphatic carbocycles. The first-order valence-corrected chi connectivity index (χ1v) is 17.1. The summed E-state index contributed by atoms with van der Waals surface area (Å²) in [5.41, 5.74) is 1.54. The number of unbranched alkanes of at least 4 members (excludes halogenated alkanes) is 2. The number of hydrogen-bond acceptors (Lipinski definition) is 10. The van der Waals surface area contributed by atoms with Gasteiger partial charge in [0.15, 0.2) is 9.88 Å². The fourth-order valence-electron chi connectivity index (χ4n) is 5.43. The summed E-state index contributed by atoms with van der Waals surface area (Å²) < 4.78 is 2.94. The molecule has 13 nitrogen and oxygen atoms in total. The second kappa shape index (κ2) is 17.8. The molecule has 4 aromatic rings. The van der Waals surface area contributed by atoms with Crippen molar-refractivity contribution in [3.05, 3.63) is 141 Å². The van der Waals surface area contributed by atoms with Gasteiger partial charge in [-0.1, -0.05) is 42.8 Å². The lowest BCUT2D eigenvalue weighted by Crippen LogP contribution is -2.56. The first kappa shape index (κ1) is 37.3. The van der Waals surface area contributed by atoms with E-state index in [2.05, 4.69) is 15.0 Å². The number of carbonyl (C=O) groups is 3. The van der Waals surface area contributed by atoms with E-state index >= 15 is 0 Å². The highest BCUT2D eigenvalue weighted by Gasteiger charge is 2.38. The van der Waals surface area contributed by atoms with Crippen molar-refractivity contribution in [2.75, 3.05) is 6.54 Å². The van der Waals surface area contributed by atoms with Crippen molar-refractivity contribution in [2.45, 2.75) is 45.3 Å². The number of carboxylic acid groups (broad SMARTS) is 1. The number of nitrogens with zero attached hydrogens (tertiary/aromatic N) is 7. The lowest BCUT2D eigenvalue weighted by atomic mass is 10.1. The predicted octanol–water partition coefficient (Wildman–Crippen LogP) is 4.66. The highest BCUT2D eigenvalue weighted by atomic mass is 32.1. The minimum Gasteiger partial charge on any atom is -0.494 e. The summed E-state index contributed by atoms with van der Waals surface area (Å²) in [6.45, 7) is 0.584. The van der Waals surface area contributed by atoms with Crippen LogP contribution < -0.4 is 5.56 Å². The Kier molecular flexibility index (Phi) is 12.8. The fraction of sp³-hybridized carbons (Fsp3) is 0.216. The van der Waals surface area contributed by atoms with Crippen molar-refractivity contribution in [3.63, 3.8) is 0 Å². The van der Waals surface area contributed by atoms with Gasteiger partial charge in [0.2, 0.25) is 5.88 Å². The van der Waals surface area contributed by atoms with Gasteiger partial charge in [0.05, 0.1) is 19.6 Å². The van der Waals surface area contributed by atoms with E-state index < -0.39 is 23.3 Å². The lowest BCUT2D eigenvalue weighted by Gasteiger charge is -2.36. The average Bonchev–Trinajstić information content (AvgIpc) is 3.15. The molecule has 1 aliphatic rings. The van der Waals surface area contributed by atoms with Crippen LogP contribution in [0.25, 0.3) is 6.08 Å². The number of pyridine rings is 3. The van der Waals surface area contributed by atoms with Gasteiger partial charge in [-0.05, 0) is 84.3 Å². The summed E-state index contributed by atoms with van der Waals surface area (Å²) in [6, 6.07) is 10.7. The van der Waals surface area contributed by atoms with Crippen LogP contribution in [0.5, 0.6) is 5.88 Å². The molecule has 0 saturated carbocycles. The maximum Gasteiger partial charge on any atom is 0.303 e. The Morgan fingerprint density at radius 1 is 0.731 bits per heavy atom. The first-order valence-electron chi connectivity index (χ1n) is 16.3. The molecule has 0 unspecified atom stereocenters. The molecule has 1 fully saturated rings. The normalized spacial score (nSPS) is 14.3. The number of aromatic hydroxyl groups is 1. The second-order valence-corrected chi connectivity index (χ2v) is 12.5. The molecule has 266 valence electrons. The van der Waals surface area contributed by atoms with Crippen LogP contribution in [0, 0.1) is 4.77 Å². The molecule has 5 heterocycles. The van der Waals surface area contributed by atoms with E-state index in [0.717, 1.165) is 11.1 Å². The van der Waals surface area contributed by atoms with Gasteiger partial charge in [0, 0.05) is 50.1 Å². The predicted molar refractivity (Wildman–Crippen MR) is 199 cm³/mol. The van der Waals surface area contributed by atoms with E-state index in [1.165, 1.54) is 49.3 Å². The molecule has 1 saturated heterocycles. The molecule has 0 radical (unpaired) electrons. The Morgan fingerprint density at radius 3 is 1.88 bits per heavy atom. The number of hydrogen-bond donors (Lipinski definition) is 2. The highest BCUT2D eigenvalue weighted by molar-refractivity contribution is 7.80. The summed E-state index contributed by atoms with van der Waals surface area (Å²) in [5.74, 6) is -2.38. The zero-order chi connectivity index (χ0) is 37.0. The van der Waals surface area contributed by atoms with Gasteiger partial charge < -0.3 is 10.2 Å². The molecule has 0 atom stereocenters. The van der Waals surface area contributed by atoms with Crippen molar-refractivity contribution in [3.8, 4) is 5.88 Å². The van der Waals surface area contributed by atoms with Crippen molar-refractivity contribution in [1.29, 1.82) is 0 Å². The van der Waals surface area contributed by atoms with Crippen LogP contribution >= 0.6 is 24.4 Å². The lowest BCUT2D eigenvalue weighted by molar-refractivity contribution is -0.137. The zero-order valence-electron chi connectivity index (χ0n) is 27.9. The van der Waals surface area contributed by atoms with Gasteiger partial charge in [-0.3, -0.25) is 53.1 Å². The standard InChI is InChI=1S/C37H35N7O6S2/c45-31(46)15-5-2-6-19-41-32(47)29(33(48)42(36(41)51)23-26-10-7-16-38-20-26)13-3-1-4-14-30-34(49)43(24-27-11-8-17-39-21-27)37(52)44(35(30)50)25-28-12-9-18-40-22-28/h1,3-4,7-14,16-18,20-22,49H,2,5-6,15,19,23-25H2,(H,45,46)/b3-1+,14-4+,29-13+. The number of aromatic nitrogens is 5. The topological polar surface area (TPSA) is 164 Å². The van der Waals surface area contributed by atoms with Crippen LogP contribution in [-0.2, 0) is 34.0 Å². The summed E-state index contributed by atoms with van der Waals surface area (Å²) in [4.78, 5) is 66.8. The third kappa shape index (κ3) is 9.24. The highest BCUT2D eigenvalue weighted by Crippen LogP contribution is 2.22. The molecule has 5 rings (SSSR count). The summed E-state index contributed by atoms with van der Waals surface area (Å²) in [7, 11) is 0. The van der Waals surface area contributed by atoms with Gasteiger partial charge >= 0.3 is 5.97 Å². The Balaban J connectivity index is 1.43. The molecule has 1 aliphatic heterocycles. The quantitative estimate of drug-likeness (QED) is 0.0574. The van der Waals surface area contributed by atoms with Crippen LogP contribution in [0.15, 0.2) is 108 Å². The number of amides is 2. The van der Waals surface area contributed by atoms with Gasteiger partial charge in [0.1, 0.15) is 11.1 Å². The van der Waals surface area contributed by atoms with Crippen molar-refractivity contribution < 1.29 is 24.6 Å². The van der Waals surface area contributed by atoms with E-state index in [4.69, 9.17) is 29.5 Å². The molecule has 52 heavy (non-hydrogen) atoms. The Labute approximate surface area is 309 Å². The largest absolute Gasteiger partial charge is 0.494 e. The smallest absolute Gasteiger partial charge is 0.303 e. The number of allylic oxidation sites excluding steroid dienone is 4. The van der Waals surface area contributed by atoms with Crippen molar-refractivity contribution >= 4 is 53.4 Å². The third-order valence-electron chi connectivity index (χ3n) is 8.06. The van der Waals surface area contributed by atoms with Gasteiger partial charge in [-0.15, -0.1) is 0 Å². The van der Waals surface area contributed by atoms with E-state index in [0.29, 0.717) is 24.8 Å². The molecule has 0 bridgehead atoms.